The predicted molar refractivity (Wildman–Crippen MR) is 97.4 cm³/mol. The molecule has 2 N–H and O–H groups in total. The number of aliphatic hydroxyl groups excluding tert-OH is 2. The molecule has 0 fully saturated rings. The van der Waals surface area contributed by atoms with Gasteiger partial charge in [-0.05, 0) is 59.1 Å². The molecule has 23 heavy (non-hydrogen) atoms. The van der Waals surface area contributed by atoms with Crippen molar-refractivity contribution in [1.82, 2.24) is 0 Å². The molecule has 0 rings (SSSR count). The van der Waals surface area contributed by atoms with Gasteiger partial charge in [0.15, 0.2) is 12.6 Å². The van der Waals surface area contributed by atoms with Gasteiger partial charge in [0, 0.05) is 0 Å². The average molecular weight is 387 g/mol. The fraction of sp³-hybridized carbons (Fsp3) is 0.714. The molecule has 136 valence electrons. The van der Waals surface area contributed by atoms with E-state index in [4.69, 9.17) is 18.9 Å². The molecular weight excluding hydrogens is 360 g/mol. The third-order valence-corrected chi connectivity index (χ3v) is 6.85. The standard InChI is InChI=1S/C14H26O6S3/c1-7-17-11(5)19-13(9(3)15)21-23-22-14(10(4)16)20-12(6)18-8-2/h7-16H,1-2H2,3-6H3. The molecule has 0 aromatic carbocycles. The lowest BCUT2D eigenvalue weighted by Gasteiger charge is -2.25. The van der Waals surface area contributed by atoms with Gasteiger partial charge in [0.1, 0.15) is 10.9 Å². The van der Waals surface area contributed by atoms with Crippen molar-refractivity contribution in [2.45, 2.75) is 63.4 Å². The minimum absolute atomic E-state index is 0.501. The first-order chi connectivity index (χ1) is 10.8. The van der Waals surface area contributed by atoms with Crippen molar-refractivity contribution in [3.8, 4) is 0 Å². The molecule has 0 aliphatic heterocycles. The molecule has 0 aliphatic rings. The van der Waals surface area contributed by atoms with Crippen molar-refractivity contribution < 1.29 is 29.2 Å². The highest BCUT2D eigenvalue weighted by molar-refractivity contribution is 9.09. The monoisotopic (exact) mass is 386 g/mol. The van der Waals surface area contributed by atoms with Gasteiger partial charge in [0.05, 0.1) is 24.7 Å². The lowest BCUT2D eigenvalue weighted by atomic mass is 10.4. The summed E-state index contributed by atoms with van der Waals surface area (Å²) in [7, 11) is 3.97. The van der Waals surface area contributed by atoms with E-state index in [0.29, 0.717) is 0 Å². The molecule has 6 unspecified atom stereocenters. The largest absolute Gasteiger partial charge is 0.473 e. The molecule has 0 heterocycles. The molecule has 0 spiro atoms. The summed E-state index contributed by atoms with van der Waals surface area (Å²) in [6, 6.07) is 0. The van der Waals surface area contributed by atoms with E-state index in [1.807, 2.05) is 0 Å². The molecule has 0 aromatic heterocycles. The van der Waals surface area contributed by atoms with Crippen LogP contribution in [-0.2, 0) is 18.9 Å². The summed E-state index contributed by atoms with van der Waals surface area (Å²) >= 11 is 0. The van der Waals surface area contributed by atoms with E-state index >= 15 is 0 Å². The fourth-order valence-electron chi connectivity index (χ4n) is 1.25. The van der Waals surface area contributed by atoms with Crippen LogP contribution in [0, 0.1) is 0 Å². The van der Waals surface area contributed by atoms with Gasteiger partial charge >= 0.3 is 0 Å². The van der Waals surface area contributed by atoms with E-state index in [-0.39, 0.29) is 0 Å². The van der Waals surface area contributed by atoms with Gasteiger partial charge < -0.3 is 29.2 Å². The van der Waals surface area contributed by atoms with E-state index in [1.54, 1.807) is 27.7 Å². The van der Waals surface area contributed by atoms with Crippen LogP contribution in [0.25, 0.3) is 0 Å². The molecule has 0 saturated heterocycles. The minimum atomic E-state index is -0.696. The van der Waals surface area contributed by atoms with E-state index < -0.39 is 35.7 Å². The Kier molecular flexibility index (Phi) is 13.3. The van der Waals surface area contributed by atoms with Crippen molar-refractivity contribution in [3.63, 3.8) is 0 Å². The zero-order chi connectivity index (χ0) is 17.8. The molecule has 0 aliphatic carbocycles. The van der Waals surface area contributed by atoms with Gasteiger partial charge in [-0.2, -0.15) is 0 Å². The maximum Gasteiger partial charge on any atom is 0.197 e. The summed E-state index contributed by atoms with van der Waals surface area (Å²) in [4.78, 5) is 0. The summed E-state index contributed by atoms with van der Waals surface area (Å²) in [6.45, 7) is 13.6. The molecule has 0 radical (unpaired) electrons. The highest BCUT2D eigenvalue weighted by atomic mass is 33.5. The lowest BCUT2D eigenvalue weighted by Crippen LogP contribution is -2.28. The Balaban J connectivity index is 4.35. The second-order valence-electron chi connectivity index (χ2n) is 4.49. The van der Waals surface area contributed by atoms with E-state index in [9.17, 15) is 10.2 Å². The number of rotatable bonds is 14. The Hall–Kier alpha value is -0.0300. The number of hydrogen-bond acceptors (Lipinski definition) is 9. The second kappa shape index (κ2) is 13.3. The van der Waals surface area contributed by atoms with Crippen LogP contribution in [-0.4, -0.2) is 45.9 Å². The van der Waals surface area contributed by atoms with Crippen LogP contribution in [0.1, 0.15) is 27.7 Å². The molecule has 0 aromatic rings. The van der Waals surface area contributed by atoms with Crippen LogP contribution in [0.3, 0.4) is 0 Å². The Morgan fingerprint density at radius 1 is 0.783 bits per heavy atom. The van der Waals surface area contributed by atoms with Crippen molar-refractivity contribution >= 4 is 31.4 Å². The Morgan fingerprint density at radius 2 is 1.13 bits per heavy atom. The van der Waals surface area contributed by atoms with Gasteiger partial charge in [-0.25, -0.2) is 0 Å². The summed E-state index contributed by atoms with van der Waals surface area (Å²) < 4.78 is 21.3. The van der Waals surface area contributed by atoms with E-state index in [0.717, 1.165) is 0 Å². The maximum atomic E-state index is 9.76. The van der Waals surface area contributed by atoms with Gasteiger partial charge in [-0.3, -0.25) is 0 Å². The summed E-state index contributed by atoms with van der Waals surface area (Å²) in [5, 5.41) is 19.5. The van der Waals surface area contributed by atoms with Crippen LogP contribution >= 0.6 is 31.4 Å². The summed E-state index contributed by atoms with van der Waals surface area (Å²) in [5.74, 6) is 0. The maximum absolute atomic E-state index is 9.76. The quantitative estimate of drug-likeness (QED) is 0.265. The van der Waals surface area contributed by atoms with Crippen LogP contribution in [0.2, 0.25) is 0 Å². The third-order valence-electron chi connectivity index (χ3n) is 2.28. The minimum Gasteiger partial charge on any atom is -0.473 e. The first kappa shape index (κ1) is 23.0. The van der Waals surface area contributed by atoms with Crippen LogP contribution < -0.4 is 0 Å². The second-order valence-corrected chi connectivity index (χ2v) is 8.73. The predicted octanol–water partition coefficient (Wildman–Crippen LogP) is 3.48. The highest BCUT2D eigenvalue weighted by Crippen LogP contribution is 2.43. The lowest BCUT2D eigenvalue weighted by molar-refractivity contribution is -0.125. The molecule has 6 atom stereocenters. The van der Waals surface area contributed by atoms with Gasteiger partial charge in [-0.1, -0.05) is 13.2 Å². The van der Waals surface area contributed by atoms with E-state index in [2.05, 4.69) is 13.2 Å². The van der Waals surface area contributed by atoms with Crippen molar-refractivity contribution in [2.24, 2.45) is 0 Å². The van der Waals surface area contributed by atoms with Gasteiger partial charge in [-0.15, -0.1) is 0 Å². The van der Waals surface area contributed by atoms with Crippen molar-refractivity contribution in [1.29, 1.82) is 0 Å². The summed E-state index contributed by atoms with van der Waals surface area (Å²) in [5.41, 5.74) is -1.00. The first-order valence-corrected chi connectivity index (χ1v) is 10.6. The topological polar surface area (TPSA) is 77.4 Å². The summed E-state index contributed by atoms with van der Waals surface area (Å²) in [6.07, 6.45) is 0.143. The molecule has 0 saturated carbocycles. The molecule has 0 amide bonds. The normalized spacial score (nSPS) is 19.0. The van der Waals surface area contributed by atoms with Crippen LogP contribution in [0.5, 0.6) is 0 Å². The Bertz CT molecular complexity index is 300. The Labute approximate surface area is 149 Å². The average Bonchev–Trinajstić information content (AvgIpc) is 2.45. The fourth-order valence-corrected chi connectivity index (χ4v) is 5.81. The number of ether oxygens (including phenoxy) is 4. The SMILES string of the molecule is C=COC(C)OC(SSSC(OC(C)OC=C)C(C)O)C(C)O. The molecule has 0 bridgehead atoms. The van der Waals surface area contributed by atoms with Gasteiger partial charge in [0.2, 0.25) is 0 Å². The molecule has 9 heteroatoms. The molecule has 6 nitrogen and oxygen atoms in total. The third kappa shape index (κ3) is 11.2. The number of aliphatic hydroxyl groups is 2. The first-order valence-electron chi connectivity index (χ1n) is 7.00. The molecular formula is C14H26O6S3. The number of hydrogen-bond donors (Lipinski definition) is 2. The van der Waals surface area contributed by atoms with Crippen molar-refractivity contribution in [2.75, 3.05) is 0 Å². The highest BCUT2D eigenvalue weighted by Gasteiger charge is 2.24. The van der Waals surface area contributed by atoms with Gasteiger partial charge in [0.25, 0.3) is 0 Å². The van der Waals surface area contributed by atoms with E-state index in [1.165, 1.54) is 43.9 Å². The van der Waals surface area contributed by atoms with Crippen LogP contribution in [0.15, 0.2) is 25.7 Å². The Morgan fingerprint density at radius 3 is 1.39 bits per heavy atom. The smallest absolute Gasteiger partial charge is 0.197 e. The van der Waals surface area contributed by atoms with Crippen molar-refractivity contribution in [3.05, 3.63) is 25.7 Å². The van der Waals surface area contributed by atoms with Crippen LogP contribution in [0.4, 0.5) is 0 Å². The zero-order valence-corrected chi connectivity index (χ0v) is 16.2. The zero-order valence-electron chi connectivity index (χ0n) is 13.8.